The van der Waals surface area contributed by atoms with Gasteiger partial charge in [0.15, 0.2) is 17.5 Å². The maximum Gasteiger partial charge on any atom is 0.509 e. The van der Waals surface area contributed by atoms with Gasteiger partial charge in [0.1, 0.15) is 6.10 Å². The number of carbonyl (C=O) groups excluding carboxylic acids is 2. The van der Waals surface area contributed by atoms with E-state index in [1.807, 2.05) is 19.9 Å². The molecular weight excluding hydrogens is 344 g/mol. The minimum absolute atomic E-state index is 0.0223. The van der Waals surface area contributed by atoms with Gasteiger partial charge in [-0.1, -0.05) is 40.7 Å². The van der Waals surface area contributed by atoms with Crippen molar-refractivity contribution in [2.75, 3.05) is 0 Å². The highest BCUT2D eigenvalue weighted by molar-refractivity contribution is 5.94. The Kier molecular flexibility index (Phi) is 3.14. The highest BCUT2D eigenvalue weighted by Crippen LogP contribution is 2.74. The monoisotopic (exact) mass is 374 g/mol. The van der Waals surface area contributed by atoms with E-state index in [9.17, 15) is 14.7 Å². The molecule has 148 valence electrons. The third-order valence-corrected chi connectivity index (χ3v) is 9.33. The summed E-state index contributed by atoms with van der Waals surface area (Å²) in [6, 6.07) is 0. The minimum atomic E-state index is -1.33. The number of fused-ring (bicyclic) bond motifs is 3. The van der Waals surface area contributed by atoms with E-state index in [1.54, 1.807) is 0 Å². The van der Waals surface area contributed by atoms with Crippen LogP contribution in [0.25, 0.3) is 0 Å². The van der Waals surface area contributed by atoms with Crippen molar-refractivity contribution in [3.63, 3.8) is 0 Å². The van der Waals surface area contributed by atoms with Crippen molar-refractivity contribution in [1.82, 2.24) is 0 Å². The second-order valence-electron chi connectivity index (χ2n) is 10.5. The maximum atomic E-state index is 14.3. The van der Waals surface area contributed by atoms with Gasteiger partial charge >= 0.3 is 6.16 Å². The van der Waals surface area contributed by atoms with Gasteiger partial charge in [0, 0.05) is 11.8 Å². The Balaban J connectivity index is 1.80. The Hall–Kier alpha value is -1.36. The van der Waals surface area contributed by atoms with Gasteiger partial charge in [0.2, 0.25) is 0 Å². The van der Waals surface area contributed by atoms with Gasteiger partial charge < -0.3 is 14.6 Å². The first kappa shape index (κ1) is 17.7. The largest absolute Gasteiger partial charge is 0.509 e. The van der Waals surface area contributed by atoms with E-state index in [-0.39, 0.29) is 34.9 Å². The lowest BCUT2D eigenvalue weighted by atomic mass is 9.59. The van der Waals surface area contributed by atoms with Crippen LogP contribution in [-0.2, 0) is 14.3 Å². The molecule has 0 radical (unpaired) electrons. The Morgan fingerprint density at radius 3 is 2.48 bits per heavy atom. The van der Waals surface area contributed by atoms with E-state index in [0.29, 0.717) is 17.4 Å². The topological polar surface area (TPSA) is 72.8 Å². The summed E-state index contributed by atoms with van der Waals surface area (Å²) >= 11 is 0. The van der Waals surface area contributed by atoms with Gasteiger partial charge in [-0.2, -0.15) is 0 Å². The highest BCUT2D eigenvalue weighted by Gasteiger charge is 2.81. The Bertz CT molecular complexity index is 784. The summed E-state index contributed by atoms with van der Waals surface area (Å²) in [5, 5.41) is 11.2. The molecule has 0 aromatic heterocycles. The number of hydrogen-bond donors (Lipinski definition) is 1. The minimum Gasteiger partial charge on any atom is -0.426 e. The Morgan fingerprint density at radius 1 is 1.15 bits per heavy atom. The fourth-order valence-electron chi connectivity index (χ4n) is 7.71. The number of ether oxygens (including phenoxy) is 2. The molecule has 2 bridgehead atoms. The molecule has 4 aliphatic carbocycles. The number of aliphatic hydroxyl groups is 1. The molecule has 0 unspecified atom stereocenters. The third kappa shape index (κ3) is 1.64. The molecule has 5 heteroatoms. The first-order valence-corrected chi connectivity index (χ1v) is 10.3. The molecule has 1 N–H and O–H groups in total. The zero-order chi connectivity index (χ0) is 19.7. The molecule has 5 aliphatic rings. The van der Waals surface area contributed by atoms with Gasteiger partial charge in [-0.05, 0) is 48.0 Å². The third-order valence-electron chi connectivity index (χ3n) is 9.33. The first-order chi connectivity index (χ1) is 12.5. The van der Waals surface area contributed by atoms with Crippen molar-refractivity contribution in [3.05, 3.63) is 11.6 Å². The van der Waals surface area contributed by atoms with Crippen molar-refractivity contribution < 1.29 is 24.2 Å². The van der Waals surface area contributed by atoms with Crippen LogP contribution >= 0.6 is 0 Å². The van der Waals surface area contributed by atoms with Crippen LogP contribution in [0, 0.1) is 46.3 Å². The van der Waals surface area contributed by atoms with Crippen molar-refractivity contribution in [2.45, 2.75) is 65.8 Å². The molecule has 4 fully saturated rings. The van der Waals surface area contributed by atoms with Crippen LogP contribution in [0.1, 0.15) is 48.0 Å². The van der Waals surface area contributed by atoms with Crippen molar-refractivity contribution in [1.29, 1.82) is 0 Å². The summed E-state index contributed by atoms with van der Waals surface area (Å²) in [7, 11) is 0. The van der Waals surface area contributed by atoms with E-state index in [1.165, 1.54) is 0 Å². The Labute approximate surface area is 160 Å². The van der Waals surface area contributed by atoms with Crippen LogP contribution in [-0.4, -0.2) is 34.9 Å². The van der Waals surface area contributed by atoms with Gasteiger partial charge in [-0.3, -0.25) is 4.79 Å². The van der Waals surface area contributed by atoms with E-state index in [4.69, 9.17) is 9.47 Å². The van der Waals surface area contributed by atoms with Gasteiger partial charge in [-0.25, -0.2) is 4.79 Å². The molecule has 0 aromatic carbocycles. The fraction of sp³-hybridized carbons (Fsp3) is 0.818. The molecule has 5 nitrogen and oxygen atoms in total. The highest BCUT2D eigenvalue weighted by atomic mass is 16.8. The summed E-state index contributed by atoms with van der Waals surface area (Å²) < 4.78 is 11.5. The lowest BCUT2D eigenvalue weighted by Crippen LogP contribution is -2.64. The Morgan fingerprint density at radius 2 is 1.81 bits per heavy atom. The SMILES string of the molecule is CC1=C[C@]23C(=O)[C@@H]([C@H](C)[C@H](C)[C@H]4OC(=O)O[C@]42[C@H]1O)[C@H]1[C@@H](C[C@H]3C)C1(C)C. The zero-order valence-corrected chi connectivity index (χ0v) is 17.0. The van der Waals surface area contributed by atoms with Crippen molar-refractivity contribution in [3.8, 4) is 0 Å². The van der Waals surface area contributed by atoms with Gasteiger partial charge in [-0.15, -0.1) is 0 Å². The van der Waals surface area contributed by atoms with Crippen LogP contribution in [0.2, 0.25) is 0 Å². The molecule has 10 atom stereocenters. The van der Waals surface area contributed by atoms with E-state index >= 15 is 0 Å². The fourth-order valence-corrected chi connectivity index (χ4v) is 7.71. The molecule has 0 aromatic rings. The van der Waals surface area contributed by atoms with E-state index in [0.717, 1.165) is 6.42 Å². The maximum absolute atomic E-state index is 14.3. The van der Waals surface area contributed by atoms with Crippen LogP contribution in [0.15, 0.2) is 11.6 Å². The second-order valence-corrected chi connectivity index (χ2v) is 10.5. The smallest absolute Gasteiger partial charge is 0.426 e. The molecule has 5 rings (SSSR count). The summed E-state index contributed by atoms with van der Waals surface area (Å²) in [6.07, 6.45) is 0.474. The average molecular weight is 374 g/mol. The van der Waals surface area contributed by atoms with E-state index < -0.39 is 29.4 Å². The second kappa shape index (κ2) is 4.79. The molecule has 3 saturated carbocycles. The summed E-state index contributed by atoms with van der Waals surface area (Å²) in [5.74, 6) is 0.885. The molecule has 0 amide bonds. The van der Waals surface area contributed by atoms with Crippen LogP contribution in [0.3, 0.4) is 0 Å². The predicted octanol–water partition coefficient (Wildman–Crippen LogP) is 3.35. The number of carbonyl (C=O) groups is 2. The number of aliphatic hydroxyl groups excluding tert-OH is 1. The van der Waals surface area contributed by atoms with Gasteiger partial charge in [0.25, 0.3) is 0 Å². The number of Topliss-reactive ketones (excluding diaryl/α,β-unsaturated/α-hetero) is 1. The molecule has 2 spiro atoms. The standard InChI is InChI=1S/C22H30O5/c1-9-8-21-10(2)7-13-15(20(13,5)6)14(17(21)24)11(3)12(4)18-22(21,16(9)23)27-19(25)26-18/h8,10-16,18,23H,7H2,1-6H3/t10-,11-,12+,13-,14+,15-,16+,18-,21+,22-/m1/s1. The zero-order valence-electron chi connectivity index (χ0n) is 17.0. The molecular formula is C22H30O5. The molecule has 1 saturated heterocycles. The molecule has 1 aliphatic heterocycles. The quantitative estimate of drug-likeness (QED) is 0.520. The lowest BCUT2D eigenvalue weighted by Gasteiger charge is -2.46. The number of ketones is 1. The first-order valence-electron chi connectivity index (χ1n) is 10.3. The molecule has 27 heavy (non-hydrogen) atoms. The predicted molar refractivity (Wildman–Crippen MR) is 97.6 cm³/mol. The summed E-state index contributed by atoms with van der Waals surface area (Å²) in [4.78, 5) is 26.6. The van der Waals surface area contributed by atoms with Crippen LogP contribution in [0.4, 0.5) is 4.79 Å². The molecule has 1 heterocycles. The van der Waals surface area contributed by atoms with Crippen molar-refractivity contribution >= 4 is 11.9 Å². The van der Waals surface area contributed by atoms with Crippen LogP contribution < -0.4 is 0 Å². The van der Waals surface area contributed by atoms with Crippen molar-refractivity contribution in [2.24, 2.45) is 46.3 Å². The number of rotatable bonds is 0. The van der Waals surface area contributed by atoms with Gasteiger partial charge in [0.05, 0.1) is 5.41 Å². The average Bonchev–Trinajstić information content (AvgIpc) is 2.88. The normalized spacial score (nSPS) is 57.4. The summed E-state index contributed by atoms with van der Waals surface area (Å²) in [5.41, 5.74) is -1.45. The number of hydrogen-bond acceptors (Lipinski definition) is 5. The van der Waals surface area contributed by atoms with E-state index in [2.05, 4.69) is 27.7 Å². The lowest BCUT2D eigenvalue weighted by molar-refractivity contribution is -0.163. The van der Waals surface area contributed by atoms with Crippen LogP contribution in [0.5, 0.6) is 0 Å². The summed E-state index contributed by atoms with van der Waals surface area (Å²) in [6.45, 7) is 12.7.